The van der Waals surface area contributed by atoms with Gasteiger partial charge >= 0.3 is 0 Å². The van der Waals surface area contributed by atoms with Gasteiger partial charge < -0.3 is 10.6 Å². The predicted molar refractivity (Wildman–Crippen MR) is 138 cm³/mol. The molecule has 0 radical (unpaired) electrons. The molecule has 0 aliphatic rings. The maximum atomic E-state index is 4.64. The topological polar surface area (TPSA) is 49.8 Å². The average Bonchev–Trinajstić information content (AvgIpc) is 3.43. The van der Waals surface area contributed by atoms with Crippen LogP contribution in [0, 0.1) is 0 Å². The predicted octanol–water partition coefficient (Wildman–Crippen LogP) is 8.06. The van der Waals surface area contributed by atoms with Crippen molar-refractivity contribution in [1.29, 1.82) is 0 Å². The molecule has 0 saturated carbocycles. The Bertz CT molecular complexity index is 1330. The van der Waals surface area contributed by atoms with Crippen LogP contribution in [0.3, 0.4) is 0 Å². The number of benzene rings is 4. The molecule has 0 aliphatic heterocycles. The molecule has 0 fully saturated rings. The van der Waals surface area contributed by atoms with E-state index in [0.717, 1.165) is 32.7 Å². The first-order valence-electron chi connectivity index (χ1n) is 10.3. The normalized spacial score (nSPS) is 11.1. The van der Waals surface area contributed by atoms with E-state index >= 15 is 0 Å². The van der Waals surface area contributed by atoms with Crippen LogP contribution >= 0.6 is 22.7 Å². The molecule has 6 rings (SSSR count). The highest BCUT2D eigenvalue weighted by atomic mass is 32.1. The van der Waals surface area contributed by atoms with Crippen LogP contribution < -0.4 is 10.6 Å². The quantitative estimate of drug-likeness (QED) is 0.279. The Morgan fingerprint density at radius 2 is 0.875 bits per heavy atom. The molecule has 6 aromatic rings. The highest BCUT2D eigenvalue weighted by Crippen LogP contribution is 2.31. The average molecular weight is 451 g/mol. The van der Waals surface area contributed by atoms with Crippen molar-refractivity contribution in [1.82, 2.24) is 9.97 Å². The molecule has 0 aliphatic carbocycles. The Morgan fingerprint density at radius 3 is 1.28 bits per heavy atom. The lowest BCUT2D eigenvalue weighted by atomic mass is 10.1. The smallest absolute Gasteiger partial charge is 0.188 e. The van der Waals surface area contributed by atoms with Crippen molar-refractivity contribution in [3.8, 4) is 11.1 Å². The van der Waals surface area contributed by atoms with Crippen molar-refractivity contribution in [2.75, 3.05) is 10.6 Å². The molecule has 0 amide bonds. The minimum atomic E-state index is 0.907. The Balaban J connectivity index is 1.16. The van der Waals surface area contributed by atoms with Crippen molar-refractivity contribution in [2.24, 2.45) is 0 Å². The fraction of sp³-hybridized carbons (Fsp3) is 0. The number of para-hydroxylation sites is 2. The van der Waals surface area contributed by atoms with E-state index in [9.17, 15) is 0 Å². The number of hydrogen-bond donors (Lipinski definition) is 2. The standard InChI is InChI=1S/C26H18N4S2/c1-3-7-23-21(5-1)29-25(31-23)27-19-13-9-17(10-14-19)18-11-15-20(16-12-18)28-26-30-22-6-2-4-8-24(22)32-26/h1-16H,(H,27,29)(H,28,30). The van der Waals surface area contributed by atoms with Gasteiger partial charge in [-0.2, -0.15) is 0 Å². The second-order valence-electron chi connectivity index (χ2n) is 7.38. The van der Waals surface area contributed by atoms with Gasteiger partial charge in [0.25, 0.3) is 0 Å². The van der Waals surface area contributed by atoms with Crippen molar-refractivity contribution in [3.05, 3.63) is 97.1 Å². The molecule has 0 spiro atoms. The van der Waals surface area contributed by atoms with Crippen LogP contribution in [-0.2, 0) is 0 Å². The molecule has 154 valence electrons. The van der Waals surface area contributed by atoms with Gasteiger partial charge in [-0.05, 0) is 59.7 Å². The second-order valence-corrected chi connectivity index (χ2v) is 9.44. The van der Waals surface area contributed by atoms with Crippen LogP contribution in [0.4, 0.5) is 21.6 Å². The molecular weight excluding hydrogens is 432 g/mol. The highest BCUT2D eigenvalue weighted by Gasteiger charge is 2.06. The first kappa shape index (κ1) is 19.0. The van der Waals surface area contributed by atoms with Gasteiger partial charge in [0.2, 0.25) is 0 Å². The van der Waals surface area contributed by atoms with Crippen LogP contribution in [0.1, 0.15) is 0 Å². The van der Waals surface area contributed by atoms with Crippen molar-refractivity contribution < 1.29 is 0 Å². The van der Waals surface area contributed by atoms with E-state index in [0.29, 0.717) is 0 Å². The summed E-state index contributed by atoms with van der Waals surface area (Å²) in [6, 6.07) is 33.3. The fourth-order valence-electron chi connectivity index (χ4n) is 3.59. The summed E-state index contributed by atoms with van der Waals surface area (Å²) in [5.74, 6) is 0. The summed E-state index contributed by atoms with van der Waals surface area (Å²) < 4.78 is 2.37. The molecule has 32 heavy (non-hydrogen) atoms. The maximum absolute atomic E-state index is 4.64. The van der Waals surface area contributed by atoms with E-state index in [-0.39, 0.29) is 0 Å². The molecule has 2 heterocycles. The summed E-state index contributed by atoms with van der Waals surface area (Å²) in [5.41, 5.74) is 6.45. The van der Waals surface area contributed by atoms with Gasteiger partial charge in [-0.25, -0.2) is 9.97 Å². The Labute approximate surface area is 193 Å². The van der Waals surface area contributed by atoms with E-state index in [1.54, 1.807) is 22.7 Å². The minimum Gasteiger partial charge on any atom is -0.332 e. The summed E-state index contributed by atoms with van der Waals surface area (Å²) in [6.07, 6.45) is 0. The van der Waals surface area contributed by atoms with Gasteiger partial charge in [0.05, 0.1) is 20.4 Å². The SMILES string of the molecule is c1ccc2sc(Nc3ccc(-c4ccc(Nc5nc6ccccc6s5)cc4)cc3)nc2c1. The second kappa shape index (κ2) is 8.07. The molecule has 6 heteroatoms. The summed E-state index contributed by atoms with van der Waals surface area (Å²) in [6.45, 7) is 0. The number of thiazole rings is 2. The van der Waals surface area contributed by atoms with Crippen molar-refractivity contribution in [3.63, 3.8) is 0 Å². The van der Waals surface area contributed by atoms with E-state index < -0.39 is 0 Å². The summed E-state index contributed by atoms with van der Waals surface area (Å²) >= 11 is 3.33. The summed E-state index contributed by atoms with van der Waals surface area (Å²) in [7, 11) is 0. The monoisotopic (exact) mass is 450 g/mol. The van der Waals surface area contributed by atoms with E-state index in [4.69, 9.17) is 0 Å². The first-order valence-corrected chi connectivity index (χ1v) is 11.9. The lowest BCUT2D eigenvalue weighted by Crippen LogP contribution is -1.90. The molecule has 0 saturated heterocycles. The largest absolute Gasteiger partial charge is 0.332 e. The van der Waals surface area contributed by atoms with Gasteiger partial charge in [0.1, 0.15) is 0 Å². The zero-order valence-electron chi connectivity index (χ0n) is 16.9. The lowest BCUT2D eigenvalue weighted by Gasteiger charge is -2.07. The number of fused-ring (bicyclic) bond motifs is 2. The van der Waals surface area contributed by atoms with Crippen LogP contribution in [0.15, 0.2) is 97.1 Å². The molecule has 0 bridgehead atoms. The number of anilines is 4. The summed E-state index contributed by atoms with van der Waals surface area (Å²) in [5, 5.41) is 8.64. The Morgan fingerprint density at radius 1 is 0.469 bits per heavy atom. The van der Waals surface area contributed by atoms with Gasteiger partial charge in [-0.1, -0.05) is 71.2 Å². The fourth-order valence-corrected chi connectivity index (χ4v) is 5.36. The van der Waals surface area contributed by atoms with Crippen molar-refractivity contribution >= 4 is 64.7 Å². The van der Waals surface area contributed by atoms with Gasteiger partial charge in [-0.3, -0.25) is 0 Å². The van der Waals surface area contributed by atoms with Gasteiger partial charge in [-0.15, -0.1) is 0 Å². The lowest BCUT2D eigenvalue weighted by molar-refractivity contribution is 1.44. The van der Waals surface area contributed by atoms with Crippen LogP contribution in [0.2, 0.25) is 0 Å². The number of nitrogens with zero attached hydrogens (tertiary/aromatic N) is 2. The minimum absolute atomic E-state index is 0.907. The van der Waals surface area contributed by atoms with E-state index in [1.807, 2.05) is 36.4 Å². The van der Waals surface area contributed by atoms with E-state index in [2.05, 4.69) is 81.3 Å². The third-order valence-electron chi connectivity index (χ3n) is 5.19. The molecule has 2 N–H and O–H groups in total. The number of nitrogens with one attached hydrogen (secondary N) is 2. The number of aromatic nitrogens is 2. The number of rotatable bonds is 5. The molecule has 2 aromatic heterocycles. The molecular formula is C26H18N4S2. The maximum Gasteiger partial charge on any atom is 0.188 e. The third kappa shape index (κ3) is 3.82. The van der Waals surface area contributed by atoms with Gasteiger partial charge in [0, 0.05) is 11.4 Å². The zero-order valence-corrected chi connectivity index (χ0v) is 18.6. The van der Waals surface area contributed by atoms with Crippen LogP contribution in [0.5, 0.6) is 0 Å². The van der Waals surface area contributed by atoms with Crippen molar-refractivity contribution in [2.45, 2.75) is 0 Å². The van der Waals surface area contributed by atoms with Gasteiger partial charge in [0.15, 0.2) is 10.3 Å². The first-order chi connectivity index (χ1) is 15.8. The Kier molecular flexibility index (Phi) is 4.79. The molecule has 0 unspecified atom stereocenters. The Hall–Kier alpha value is -3.74. The van der Waals surface area contributed by atoms with E-state index in [1.165, 1.54) is 20.5 Å². The molecule has 0 atom stereocenters. The van der Waals surface area contributed by atoms with Crippen LogP contribution in [-0.4, -0.2) is 9.97 Å². The molecule has 4 aromatic carbocycles. The summed E-state index contributed by atoms with van der Waals surface area (Å²) in [4.78, 5) is 9.29. The molecule has 4 nitrogen and oxygen atoms in total. The highest BCUT2D eigenvalue weighted by molar-refractivity contribution is 7.22. The van der Waals surface area contributed by atoms with Crippen LogP contribution in [0.25, 0.3) is 31.6 Å². The zero-order chi connectivity index (χ0) is 21.3. The third-order valence-corrected chi connectivity index (χ3v) is 7.10. The number of hydrogen-bond acceptors (Lipinski definition) is 6.